The van der Waals surface area contributed by atoms with Gasteiger partial charge in [0, 0.05) is 0 Å². The highest BCUT2D eigenvalue weighted by Gasteiger charge is 2.10. The average molecular weight is 258 g/mol. The number of allylic oxidation sites excluding steroid dienone is 3. The van der Waals surface area contributed by atoms with E-state index in [0.717, 1.165) is 5.56 Å². The zero-order valence-corrected chi connectivity index (χ0v) is 10.7. The molecule has 1 aromatic rings. The van der Waals surface area contributed by atoms with Crippen LogP contribution >= 0.6 is 0 Å². The minimum Gasteiger partial charge on any atom is -0.507 e. The van der Waals surface area contributed by atoms with E-state index in [1.807, 2.05) is 18.2 Å². The van der Waals surface area contributed by atoms with E-state index in [4.69, 9.17) is 5.11 Å². The van der Waals surface area contributed by atoms with Crippen LogP contribution in [0.4, 0.5) is 0 Å². The van der Waals surface area contributed by atoms with Gasteiger partial charge in [-0.15, -0.1) is 0 Å². The Hall–Kier alpha value is -2.03. The van der Waals surface area contributed by atoms with Crippen molar-refractivity contribution >= 4 is 12.0 Å². The molecule has 0 atom stereocenters. The summed E-state index contributed by atoms with van der Waals surface area (Å²) in [6.07, 6.45) is 13.2. The SMILES string of the molecule is O=C(O)c1cc(C=CC=CC2CCCC2)ccc1O. The lowest BCUT2D eigenvalue weighted by molar-refractivity contribution is 0.0693. The Morgan fingerprint density at radius 1 is 1.21 bits per heavy atom. The summed E-state index contributed by atoms with van der Waals surface area (Å²) in [6.45, 7) is 0. The van der Waals surface area contributed by atoms with E-state index in [0.29, 0.717) is 5.92 Å². The summed E-state index contributed by atoms with van der Waals surface area (Å²) in [4.78, 5) is 10.9. The molecular weight excluding hydrogens is 240 g/mol. The van der Waals surface area contributed by atoms with E-state index in [1.165, 1.54) is 37.8 Å². The third-order valence-electron chi connectivity index (χ3n) is 3.43. The van der Waals surface area contributed by atoms with Crippen molar-refractivity contribution in [1.29, 1.82) is 0 Å². The zero-order valence-electron chi connectivity index (χ0n) is 10.7. The molecule has 1 saturated carbocycles. The molecular formula is C16H18O3. The third-order valence-corrected chi connectivity index (χ3v) is 3.43. The van der Waals surface area contributed by atoms with Gasteiger partial charge in [0.2, 0.25) is 0 Å². The molecule has 0 saturated heterocycles. The molecule has 0 heterocycles. The first-order chi connectivity index (χ1) is 9.16. The Labute approximate surface area is 112 Å². The number of aromatic carboxylic acids is 1. The molecule has 0 bridgehead atoms. The number of phenols is 1. The van der Waals surface area contributed by atoms with Crippen molar-refractivity contribution in [3.63, 3.8) is 0 Å². The summed E-state index contributed by atoms with van der Waals surface area (Å²) >= 11 is 0. The fraction of sp³-hybridized carbons (Fsp3) is 0.312. The Morgan fingerprint density at radius 2 is 1.95 bits per heavy atom. The van der Waals surface area contributed by atoms with Crippen molar-refractivity contribution < 1.29 is 15.0 Å². The predicted octanol–water partition coefficient (Wildman–Crippen LogP) is 3.85. The molecule has 0 aliphatic heterocycles. The monoisotopic (exact) mass is 258 g/mol. The first kappa shape index (κ1) is 13.4. The molecule has 0 amide bonds. The molecule has 0 aromatic heterocycles. The van der Waals surface area contributed by atoms with Gasteiger partial charge < -0.3 is 10.2 Å². The van der Waals surface area contributed by atoms with Gasteiger partial charge in [-0.2, -0.15) is 0 Å². The molecule has 0 radical (unpaired) electrons. The summed E-state index contributed by atoms with van der Waals surface area (Å²) in [5.74, 6) is -0.626. The van der Waals surface area contributed by atoms with E-state index >= 15 is 0 Å². The third kappa shape index (κ3) is 3.71. The van der Waals surface area contributed by atoms with Gasteiger partial charge in [0.1, 0.15) is 11.3 Å². The van der Waals surface area contributed by atoms with Gasteiger partial charge in [0.05, 0.1) is 0 Å². The fourth-order valence-electron chi connectivity index (χ4n) is 2.37. The van der Waals surface area contributed by atoms with Crippen LogP contribution in [0, 0.1) is 5.92 Å². The molecule has 3 nitrogen and oxygen atoms in total. The fourth-order valence-corrected chi connectivity index (χ4v) is 2.37. The molecule has 1 aliphatic rings. The number of aromatic hydroxyl groups is 1. The smallest absolute Gasteiger partial charge is 0.339 e. The van der Waals surface area contributed by atoms with Gasteiger partial charge in [-0.05, 0) is 36.5 Å². The van der Waals surface area contributed by atoms with Crippen LogP contribution in [0.2, 0.25) is 0 Å². The van der Waals surface area contributed by atoms with E-state index in [9.17, 15) is 9.90 Å². The number of carboxylic acids is 1. The van der Waals surface area contributed by atoms with Crippen molar-refractivity contribution in [3.8, 4) is 5.75 Å². The standard InChI is InChI=1S/C16H18O3/c17-15-10-9-13(11-14(15)16(18)19)8-4-3-7-12-5-1-2-6-12/h3-4,7-12,17H,1-2,5-6H2,(H,18,19). The van der Waals surface area contributed by atoms with Crippen molar-refractivity contribution in [2.75, 3.05) is 0 Å². The van der Waals surface area contributed by atoms with Crippen molar-refractivity contribution in [3.05, 3.63) is 47.6 Å². The van der Waals surface area contributed by atoms with Gasteiger partial charge in [-0.3, -0.25) is 0 Å². The number of carbonyl (C=O) groups is 1. The molecule has 0 unspecified atom stereocenters. The van der Waals surface area contributed by atoms with Crippen LogP contribution in [0.1, 0.15) is 41.6 Å². The van der Waals surface area contributed by atoms with Gasteiger partial charge in [0.25, 0.3) is 0 Å². The maximum absolute atomic E-state index is 10.9. The van der Waals surface area contributed by atoms with Crippen molar-refractivity contribution in [2.24, 2.45) is 5.92 Å². The summed E-state index contributed by atoms with van der Waals surface area (Å²) in [6, 6.07) is 4.57. The molecule has 1 aliphatic carbocycles. The first-order valence-corrected chi connectivity index (χ1v) is 6.58. The molecule has 3 heteroatoms. The second-order valence-corrected chi connectivity index (χ2v) is 4.87. The van der Waals surface area contributed by atoms with Crippen LogP contribution in [0.5, 0.6) is 5.75 Å². The van der Waals surface area contributed by atoms with Gasteiger partial charge in [-0.25, -0.2) is 4.79 Å². The molecule has 19 heavy (non-hydrogen) atoms. The largest absolute Gasteiger partial charge is 0.507 e. The summed E-state index contributed by atoms with van der Waals surface area (Å²) in [5.41, 5.74) is 0.702. The highest BCUT2D eigenvalue weighted by molar-refractivity contribution is 5.91. The molecule has 0 spiro atoms. The van der Waals surface area contributed by atoms with Crippen LogP contribution in [0.25, 0.3) is 6.08 Å². The van der Waals surface area contributed by atoms with Crippen LogP contribution in [-0.4, -0.2) is 16.2 Å². The molecule has 2 N–H and O–H groups in total. The average Bonchev–Trinajstić information content (AvgIpc) is 2.89. The molecule has 100 valence electrons. The number of hydrogen-bond donors (Lipinski definition) is 2. The first-order valence-electron chi connectivity index (χ1n) is 6.58. The van der Waals surface area contributed by atoms with Crippen LogP contribution < -0.4 is 0 Å². The topological polar surface area (TPSA) is 57.5 Å². The predicted molar refractivity (Wildman–Crippen MR) is 75.2 cm³/mol. The van der Waals surface area contributed by atoms with Crippen molar-refractivity contribution in [1.82, 2.24) is 0 Å². The Bertz CT molecular complexity index is 509. The summed E-state index contributed by atoms with van der Waals surface area (Å²) in [7, 11) is 0. The molecule has 1 fully saturated rings. The van der Waals surface area contributed by atoms with E-state index < -0.39 is 5.97 Å². The van der Waals surface area contributed by atoms with Gasteiger partial charge >= 0.3 is 5.97 Å². The van der Waals surface area contributed by atoms with E-state index in [1.54, 1.807) is 6.07 Å². The quantitative estimate of drug-likeness (QED) is 0.806. The highest BCUT2D eigenvalue weighted by atomic mass is 16.4. The van der Waals surface area contributed by atoms with Crippen LogP contribution in [0.3, 0.4) is 0 Å². The number of carboxylic acid groups (broad SMARTS) is 1. The maximum Gasteiger partial charge on any atom is 0.339 e. The lowest BCUT2D eigenvalue weighted by Crippen LogP contribution is -1.96. The van der Waals surface area contributed by atoms with Crippen LogP contribution in [-0.2, 0) is 0 Å². The van der Waals surface area contributed by atoms with Gasteiger partial charge in [-0.1, -0.05) is 43.2 Å². The maximum atomic E-state index is 10.9. The second-order valence-electron chi connectivity index (χ2n) is 4.87. The van der Waals surface area contributed by atoms with E-state index in [2.05, 4.69) is 6.08 Å². The van der Waals surface area contributed by atoms with Gasteiger partial charge in [0.15, 0.2) is 0 Å². The Morgan fingerprint density at radius 3 is 2.63 bits per heavy atom. The summed E-state index contributed by atoms with van der Waals surface area (Å²) in [5, 5.41) is 18.3. The number of hydrogen-bond acceptors (Lipinski definition) is 2. The van der Waals surface area contributed by atoms with Crippen molar-refractivity contribution in [2.45, 2.75) is 25.7 Å². The minimum absolute atomic E-state index is 0.0677. The number of rotatable bonds is 4. The van der Waals surface area contributed by atoms with Crippen LogP contribution in [0.15, 0.2) is 36.4 Å². The lowest BCUT2D eigenvalue weighted by Gasteiger charge is -2.00. The second kappa shape index (κ2) is 6.23. The Kier molecular flexibility index (Phi) is 4.39. The minimum atomic E-state index is -1.12. The molecule has 2 rings (SSSR count). The number of benzene rings is 1. The zero-order chi connectivity index (χ0) is 13.7. The lowest BCUT2D eigenvalue weighted by atomic mass is 10.1. The Balaban J connectivity index is 2.02. The molecule has 1 aromatic carbocycles. The normalized spacial score (nSPS) is 16.6. The van der Waals surface area contributed by atoms with E-state index in [-0.39, 0.29) is 11.3 Å². The summed E-state index contributed by atoms with van der Waals surface area (Å²) < 4.78 is 0. The highest BCUT2D eigenvalue weighted by Crippen LogP contribution is 2.25.